The van der Waals surface area contributed by atoms with Gasteiger partial charge in [0, 0.05) is 5.56 Å². The normalized spacial score (nSPS) is 12.6. The third kappa shape index (κ3) is 5.17. The number of ether oxygens (including phenoxy) is 1. The van der Waals surface area contributed by atoms with Gasteiger partial charge in [0.1, 0.15) is 6.04 Å². The van der Waals surface area contributed by atoms with E-state index in [1.807, 2.05) is 19.1 Å². The molecule has 1 atom stereocenters. The van der Waals surface area contributed by atoms with E-state index in [2.05, 4.69) is 26.1 Å². The largest absolute Gasteiger partial charge is 0.467 e. The van der Waals surface area contributed by atoms with E-state index < -0.39 is 12.0 Å². The van der Waals surface area contributed by atoms with E-state index in [9.17, 15) is 9.59 Å². The molecule has 0 bridgehead atoms. The van der Waals surface area contributed by atoms with Crippen molar-refractivity contribution < 1.29 is 14.3 Å². The van der Waals surface area contributed by atoms with Crippen LogP contribution in [-0.4, -0.2) is 25.0 Å². The molecule has 0 aliphatic carbocycles. The van der Waals surface area contributed by atoms with E-state index in [0.29, 0.717) is 12.0 Å². The Morgan fingerprint density at radius 1 is 1.18 bits per heavy atom. The number of carbonyl (C=O) groups is 2. The highest BCUT2D eigenvalue weighted by atomic mass is 16.5. The highest BCUT2D eigenvalue weighted by Crippen LogP contribution is 2.22. The average Bonchev–Trinajstić information content (AvgIpc) is 2.49. The molecule has 1 amide bonds. The summed E-state index contributed by atoms with van der Waals surface area (Å²) in [5, 5.41) is 2.76. The van der Waals surface area contributed by atoms with Gasteiger partial charge in [-0.1, -0.05) is 52.7 Å². The van der Waals surface area contributed by atoms with Gasteiger partial charge in [-0.15, -0.1) is 0 Å². The van der Waals surface area contributed by atoms with Crippen molar-refractivity contribution in [3.05, 3.63) is 35.4 Å². The maximum Gasteiger partial charge on any atom is 0.328 e. The number of benzene rings is 1. The topological polar surface area (TPSA) is 55.4 Å². The van der Waals surface area contributed by atoms with Gasteiger partial charge in [0.2, 0.25) is 0 Å². The van der Waals surface area contributed by atoms with Crippen LogP contribution >= 0.6 is 0 Å². The fraction of sp³-hybridized carbons (Fsp3) is 0.556. The van der Waals surface area contributed by atoms with Crippen molar-refractivity contribution in [2.75, 3.05) is 7.11 Å². The molecule has 0 aliphatic rings. The molecular formula is C18H27NO3. The molecule has 0 aliphatic heterocycles. The Morgan fingerprint density at radius 3 is 2.23 bits per heavy atom. The number of hydrogen-bond donors (Lipinski definition) is 1. The van der Waals surface area contributed by atoms with Gasteiger partial charge < -0.3 is 10.1 Å². The molecule has 4 nitrogen and oxygen atoms in total. The lowest BCUT2D eigenvalue weighted by atomic mass is 9.86. The molecule has 4 heteroatoms. The van der Waals surface area contributed by atoms with Gasteiger partial charge in [0.05, 0.1) is 7.11 Å². The molecule has 0 radical (unpaired) electrons. The summed E-state index contributed by atoms with van der Waals surface area (Å²) in [6, 6.07) is 6.91. The van der Waals surface area contributed by atoms with Crippen LogP contribution in [0.25, 0.3) is 0 Å². The van der Waals surface area contributed by atoms with Crippen LogP contribution in [0.1, 0.15) is 62.9 Å². The highest BCUT2D eigenvalue weighted by Gasteiger charge is 2.22. The molecule has 1 aromatic rings. The van der Waals surface area contributed by atoms with Crippen molar-refractivity contribution in [2.24, 2.45) is 0 Å². The number of methoxy groups -OCH3 is 1. The Hall–Kier alpha value is -1.84. The molecule has 0 unspecified atom stereocenters. The Kier molecular flexibility index (Phi) is 6.60. The summed E-state index contributed by atoms with van der Waals surface area (Å²) in [4.78, 5) is 24.0. The van der Waals surface area contributed by atoms with Gasteiger partial charge in [0.25, 0.3) is 5.91 Å². The first kappa shape index (κ1) is 18.2. The standard InChI is InChI=1S/C18H27NO3/c1-6-7-8-15(17(21)22-5)19-16(20)13-9-11-14(12-10-13)18(2,3)4/h9-12,15H,6-8H2,1-5H3,(H,19,20)/t15-/m0/s1. The molecule has 1 rings (SSSR count). The van der Waals surface area contributed by atoms with Crippen LogP contribution in [0.2, 0.25) is 0 Å². The second-order valence-electron chi connectivity index (χ2n) is 6.52. The number of carbonyl (C=O) groups excluding carboxylic acids is 2. The molecule has 122 valence electrons. The van der Waals surface area contributed by atoms with Crippen LogP contribution < -0.4 is 5.32 Å². The van der Waals surface area contributed by atoms with E-state index in [4.69, 9.17) is 4.74 Å². The Morgan fingerprint density at radius 2 is 1.77 bits per heavy atom. The highest BCUT2D eigenvalue weighted by molar-refractivity contribution is 5.96. The average molecular weight is 305 g/mol. The van der Waals surface area contributed by atoms with E-state index >= 15 is 0 Å². The van der Waals surface area contributed by atoms with Crippen molar-refractivity contribution in [1.29, 1.82) is 0 Å². The van der Waals surface area contributed by atoms with Crippen LogP contribution in [0.4, 0.5) is 0 Å². The van der Waals surface area contributed by atoms with Crippen molar-refractivity contribution in [3.63, 3.8) is 0 Å². The lowest BCUT2D eigenvalue weighted by molar-refractivity contribution is -0.143. The van der Waals surface area contributed by atoms with Crippen molar-refractivity contribution in [2.45, 2.75) is 58.4 Å². The molecule has 0 saturated carbocycles. The minimum atomic E-state index is -0.584. The first-order valence-electron chi connectivity index (χ1n) is 7.78. The maximum absolute atomic E-state index is 12.3. The van der Waals surface area contributed by atoms with Gasteiger partial charge >= 0.3 is 5.97 Å². The first-order valence-corrected chi connectivity index (χ1v) is 7.78. The molecule has 0 aromatic heterocycles. The zero-order chi connectivity index (χ0) is 16.8. The lowest BCUT2D eigenvalue weighted by Crippen LogP contribution is -2.41. The molecule has 0 heterocycles. The molecule has 1 aromatic carbocycles. The minimum Gasteiger partial charge on any atom is -0.467 e. The van der Waals surface area contributed by atoms with Crippen molar-refractivity contribution in [1.82, 2.24) is 5.32 Å². The third-order valence-corrected chi connectivity index (χ3v) is 3.65. The summed E-state index contributed by atoms with van der Waals surface area (Å²) in [6.45, 7) is 8.42. The first-order chi connectivity index (χ1) is 10.3. The van der Waals surface area contributed by atoms with E-state index in [-0.39, 0.29) is 11.3 Å². The quantitative estimate of drug-likeness (QED) is 0.819. The van der Waals surface area contributed by atoms with Crippen LogP contribution in [0.3, 0.4) is 0 Å². The van der Waals surface area contributed by atoms with E-state index in [1.165, 1.54) is 12.7 Å². The number of hydrogen-bond acceptors (Lipinski definition) is 3. The zero-order valence-corrected chi connectivity index (χ0v) is 14.2. The lowest BCUT2D eigenvalue weighted by Gasteiger charge is -2.20. The predicted molar refractivity (Wildman–Crippen MR) is 87.9 cm³/mol. The van der Waals surface area contributed by atoms with Crippen LogP contribution in [0.5, 0.6) is 0 Å². The molecular weight excluding hydrogens is 278 g/mol. The fourth-order valence-electron chi connectivity index (χ4n) is 2.16. The summed E-state index contributed by atoms with van der Waals surface area (Å²) in [6.07, 6.45) is 2.42. The van der Waals surface area contributed by atoms with E-state index in [0.717, 1.165) is 12.8 Å². The number of esters is 1. The van der Waals surface area contributed by atoms with Crippen LogP contribution in [0.15, 0.2) is 24.3 Å². The van der Waals surface area contributed by atoms with Gasteiger partial charge in [-0.2, -0.15) is 0 Å². The van der Waals surface area contributed by atoms with Gasteiger partial charge in [0.15, 0.2) is 0 Å². The number of nitrogens with one attached hydrogen (secondary N) is 1. The minimum absolute atomic E-state index is 0.0463. The van der Waals surface area contributed by atoms with Crippen molar-refractivity contribution in [3.8, 4) is 0 Å². The van der Waals surface area contributed by atoms with Gasteiger partial charge in [-0.3, -0.25) is 4.79 Å². The molecule has 0 fully saturated rings. The summed E-state index contributed by atoms with van der Waals surface area (Å²) in [7, 11) is 1.34. The second kappa shape index (κ2) is 7.97. The zero-order valence-electron chi connectivity index (χ0n) is 14.2. The second-order valence-corrected chi connectivity index (χ2v) is 6.52. The van der Waals surface area contributed by atoms with E-state index in [1.54, 1.807) is 12.1 Å². The Balaban J connectivity index is 2.79. The summed E-state index contributed by atoms with van der Waals surface area (Å²) in [5.74, 6) is -0.639. The smallest absolute Gasteiger partial charge is 0.328 e. The Bertz CT molecular complexity index is 500. The third-order valence-electron chi connectivity index (χ3n) is 3.65. The van der Waals surface area contributed by atoms with Crippen molar-refractivity contribution >= 4 is 11.9 Å². The number of rotatable bonds is 6. The molecule has 0 saturated heterocycles. The fourth-order valence-corrected chi connectivity index (χ4v) is 2.16. The summed E-state index contributed by atoms with van der Waals surface area (Å²) < 4.78 is 4.76. The van der Waals surface area contributed by atoms with Gasteiger partial charge in [-0.05, 0) is 29.5 Å². The van der Waals surface area contributed by atoms with Crippen LogP contribution in [-0.2, 0) is 14.9 Å². The number of amides is 1. The SMILES string of the molecule is CCCC[C@H](NC(=O)c1ccc(C(C)(C)C)cc1)C(=O)OC. The molecule has 0 spiro atoms. The summed E-state index contributed by atoms with van der Waals surface area (Å²) >= 11 is 0. The number of unbranched alkanes of at least 4 members (excludes halogenated alkanes) is 1. The maximum atomic E-state index is 12.3. The van der Waals surface area contributed by atoms with Gasteiger partial charge in [-0.25, -0.2) is 4.79 Å². The predicted octanol–water partition coefficient (Wildman–Crippen LogP) is 3.45. The molecule has 1 N–H and O–H groups in total. The Labute approximate surface area is 133 Å². The monoisotopic (exact) mass is 305 g/mol. The summed E-state index contributed by atoms with van der Waals surface area (Å²) in [5.41, 5.74) is 1.77. The van der Waals surface area contributed by atoms with Crippen LogP contribution in [0, 0.1) is 0 Å². The molecule has 22 heavy (non-hydrogen) atoms.